The van der Waals surface area contributed by atoms with E-state index < -0.39 is 19.0 Å². The van der Waals surface area contributed by atoms with Crippen molar-refractivity contribution < 1.29 is 28.0 Å². The summed E-state index contributed by atoms with van der Waals surface area (Å²) in [6.07, 6.45) is -4.66. The third-order valence-electron chi connectivity index (χ3n) is 2.62. The molecule has 1 aromatic carbocycles. The largest absolute Gasteiger partial charge is 0.497 e. The van der Waals surface area contributed by atoms with Gasteiger partial charge in [-0.05, 0) is 29.7 Å². The predicted octanol–water partition coefficient (Wildman–Crippen LogP) is 0.942. The smallest absolute Gasteiger partial charge is 0.489 e. The fourth-order valence-corrected chi connectivity index (χ4v) is 1.72. The molecule has 0 aliphatic rings. The summed E-state index contributed by atoms with van der Waals surface area (Å²) in [5.74, 6) is 0.385. The van der Waals surface area contributed by atoms with Crippen LogP contribution in [-0.2, 0) is 6.18 Å². The van der Waals surface area contributed by atoms with Gasteiger partial charge in [0.25, 0.3) is 0 Å². The van der Waals surface area contributed by atoms with Gasteiger partial charge >= 0.3 is 13.3 Å². The number of pyridine rings is 1. The van der Waals surface area contributed by atoms with E-state index in [1.165, 1.54) is 25.3 Å². The molecule has 0 aliphatic carbocycles. The van der Waals surface area contributed by atoms with Crippen LogP contribution in [0.5, 0.6) is 5.75 Å². The Morgan fingerprint density at radius 1 is 1.21 bits per heavy atom. The van der Waals surface area contributed by atoms with Gasteiger partial charge in [0, 0.05) is 5.39 Å². The maximum Gasteiger partial charge on any atom is 0.489 e. The number of ether oxygens (including phenoxy) is 1. The SMILES string of the molecule is COc1ccc2nc(C(F)(F)F)cc(B(O)O)c2c1. The molecule has 2 N–H and O–H groups in total. The number of alkyl halides is 3. The minimum absolute atomic E-state index is 0.0127. The Morgan fingerprint density at radius 3 is 2.42 bits per heavy atom. The van der Waals surface area contributed by atoms with Crippen LogP contribution in [0.3, 0.4) is 0 Å². The fraction of sp³-hybridized carbons (Fsp3) is 0.182. The van der Waals surface area contributed by atoms with Gasteiger partial charge in [0.05, 0.1) is 12.6 Å². The van der Waals surface area contributed by atoms with Crippen LogP contribution in [0.2, 0.25) is 0 Å². The van der Waals surface area contributed by atoms with Crippen molar-refractivity contribution in [2.24, 2.45) is 0 Å². The second kappa shape index (κ2) is 4.71. The monoisotopic (exact) mass is 271 g/mol. The van der Waals surface area contributed by atoms with Gasteiger partial charge in [-0.3, -0.25) is 0 Å². The molecule has 2 rings (SSSR count). The summed E-state index contributed by atoms with van der Waals surface area (Å²) in [4.78, 5) is 3.46. The molecule has 4 nitrogen and oxygen atoms in total. The molecule has 19 heavy (non-hydrogen) atoms. The number of benzene rings is 1. The number of rotatable bonds is 2. The number of nitrogens with zero attached hydrogens (tertiary/aromatic N) is 1. The standard InChI is InChI=1S/C11H9BF3NO3/c1-19-6-2-3-9-7(4-6)8(12(17)18)5-10(16-9)11(13,14)15/h2-5,17-18H,1H3. The third kappa shape index (κ3) is 2.64. The summed E-state index contributed by atoms with van der Waals surface area (Å²) in [5.41, 5.74) is -1.43. The van der Waals surface area contributed by atoms with Gasteiger partial charge in [-0.15, -0.1) is 0 Å². The minimum atomic E-state index is -4.66. The molecule has 8 heteroatoms. The number of halogens is 3. The summed E-state index contributed by atoms with van der Waals surface area (Å²) in [6, 6.07) is 4.79. The molecule has 2 aromatic rings. The fourth-order valence-electron chi connectivity index (χ4n) is 1.72. The molecule has 0 saturated heterocycles. The van der Waals surface area contributed by atoms with Gasteiger partial charge in [-0.2, -0.15) is 13.2 Å². The molecular formula is C11H9BF3NO3. The molecule has 0 unspecified atom stereocenters. The molecule has 100 valence electrons. The van der Waals surface area contributed by atoms with Gasteiger partial charge in [0.1, 0.15) is 11.4 Å². The Hall–Kier alpha value is -1.80. The maximum atomic E-state index is 12.7. The van der Waals surface area contributed by atoms with Crippen molar-refractivity contribution in [3.63, 3.8) is 0 Å². The zero-order valence-electron chi connectivity index (χ0n) is 9.77. The lowest BCUT2D eigenvalue weighted by atomic mass is 9.77. The summed E-state index contributed by atoms with van der Waals surface area (Å²) in [6.45, 7) is 0. The van der Waals surface area contributed by atoms with E-state index in [1.807, 2.05) is 0 Å². The Bertz CT molecular complexity index is 616. The van der Waals surface area contributed by atoms with Crippen LogP contribution in [0.1, 0.15) is 5.69 Å². The Morgan fingerprint density at radius 2 is 1.89 bits per heavy atom. The quantitative estimate of drug-likeness (QED) is 0.798. The topological polar surface area (TPSA) is 62.6 Å². The molecule has 0 bridgehead atoms. The van der Waals surface area contributed by atoms with Crippen molar-refractivity contribution in [1.82, 2.24) is 4.98 Å². The van der Waals surface area contributed by atoms with Crippen LogP contribution in [-0.4, -0.2) is 29.3 Å². The molecule has 1 heterocycles. The van der Waals surface area contributed by atoms with Gasteiger partial charge in [-0.1, -0.05) is 0 Å². The van der Waals surface area contributed by atoms with Crippen molar-refractivity contribution in [2.75, 3.05) is 7.11 Å². The number of hydrogen-bond donors (Lipinski definition) is 2. The maximum absolute atomic E-state index is 12.7. The van der Waals surface area contributed by atoms with Crippen molar-refractivity contribution in [3.05, 3.63) is 30.0 Å². The van der Waals surface area contributed by atoms with Crippen molar-refractivity contribution in [2.45, 2.75) is 6.18 Å². The summed E-state index contributed by atoms with van der Waals surface area (Å²) >= 11 is 0. The summed E-state index contributed by atoms with van der Waals surface area (Å²) in [7, 11) is -0.632. The van der Waals surface area contributed by atoms with Crippen LogP contribution in [0, 0.1) is 0 Å². The Kier molecular flexibility index (Phi) is 3.38. The second-order valence-electron chi connectivity index (χ2n) is 3.85. The molecule has 0 saturated carbocycles. The average Bonchev–Trinajstić information content (AvgIpc) is 2.35. The van der Waals surface area contributed by atoms with Crippen LogP contribution in [0.4, 0.5) is 13.2 Å². The Balaban J connectivity index is 2.75. The molecule has 0 spiro atoms. The number of fused-ring (bicyclic) bond motifs is 1. The van der Waals surface area contributed by atoms with Gasteiger partial charge in [0.15, 0.2) is 0 Å². The zero-order valence-corrected chi connectivity index (χ0v) is 9.77. The highest BCUT2D eigenvalue weighted by Crippen LogP contribution is 2.29. The van der Waals surface area contributed by atoms with Gasteiger partial charge < -0.3 is 14.8 Å². The third-order valence-corrected chi connectivity index (χ3v) is 2.62. The van der Waals surface area contributed by atoms with Crippen LogP contribution in [0.15, 0.2) is 24.3 Å². The summed E-state index contributed by atoms with van der Waals surface area (Å²) < 4.78 is 42.9. The van der Waals surface area contributed by atoms with Crippen LogP contribution >= 0.6 is 0 Å². The first-order valence-corrected chi connectivity index (χ1v) is 5.25. The molecule has 0 fully saturated rings. The highest BCUT2D eigenvalue weighted by Gasteiger charge is 2.34. The Labute approximate surface area is 106 Å². The van der Waals surface area contributed by atoms with E-state index in [0.717, 1.165) is 0 Å². The van der Waals surface area contributed by atoms with E-state index in [0.29, 0.717) is 11.8 Å². The lowest BCUT2D eigenvalue weighted by Gasteiger charge is -2.12. The van der Waals surface area contributed by atoms with E-state index >= 15 is 0 Å². The molecule has 1 aromatic heterocycles. The van der Waals surface area contributed by atoms with Crippen molar-refractivity contribution in [3.8, 4) is 5.75 Å². The van der Waals surface area contributed by atoms with Crippen LogP contribution in [0.25, 0.3) is 10.9 Å². The average molecular weight is 271 g/mol. The number of hydrogen-bond acceptors (Lipinski definition) is 4. The highest BCUT2D eigenvalue weighted by atomic mass is 19.4. The first-order chi connectivity index (χ1) is 8.82. The van der Waals surface area contributed by atoms with E-state index in [9.17, 15) is 23.2 Å². The predicted molar refractivity (Wildman–Crippen MR) is 63.1 cm³/mol. The van der Waals surface area contributed by atoms with Gasteiger partial charge in [0.2, 0.25) is 0 Å². The first-order valence-electron chi connectivity index (χ1n) is 5.25. The van der Waals surface area contributed by atoms with E-state index in [1.54, 1.807) is 0 Å². The molecule has 0 radical (unpaired) electrons. The zero-order chi connectivity index (χ0) is 14.2. The van der Waals surface area contributed by atoms with Crippen molar-refractivity contribution in [1.29, 1.82) is 0 Å². The van der Waals surface area contributed by atoms with E-state index in [-0.39, 0.29) is 16.4 Å². The lowest BCUT2D eigenvalue weighted by Crippen LogP contribution is -2.32. The molecule has 0 aliphatic heterocycles. The molecule has 0 amide bonds. The molecular weight excluding hydrogens is 262 g/mol. The first kappa shape index (κ1) is 13.6. The number of methoxy groups -OCH3 is 1. The highest BCUT2D eigenvalue weighted by molar-refractivity contribution is 6.61. The van der Waals surface area contributed by atoms with Crippen LogP contribution < -0.4 is 10.2 Å². The van der Waals surface area contributed by atoms with Gasteiger partial charge in [-0.25, -0.2) is 4.98 Å². The van der Waals surface area contributed by atoms with E-state index in [2.05, 4.69) is 4.98 Å². The summed E-state index contributed by atoms with van der Waals surface area (Å²) in [5, 5.41) is 18.6. The number of aromatic nitrogens is 1. The van der Waals surface area contributed by atoms with Crippen molar-refractivity contribution >= 4 is 23.5 Å². The lowest BCUT2D eigenvalue weighted by molar-refractivity contribution is -0.140. The normalized spacial score (nSPS) is 11.7. The molecule has 0 atom stereocenters. The second-order valence-corrected chi connectivity index (χ2v) is 3.85. The minimum Gasteiger partial charge on any atom is -0.497 e. The van der Waals surface area contributed by atoms with E-state index in [4.69, 9.17) is 4.74 Å².